The van der Waals surface area contributed by atoms with Gasteiger partial charge in [-0.1, -0.05) is 19.1 Å². The Labute approximate surface area is 119 Å². The van der Waals surface area contributed by atoms with Crippen molar-refractivity contribution in [2.75, 3.05) is 12.3 Å². The lowest BCUT2D eigenvalue weighted by Crippen LogP contribution is -2.30. The fourth-order valence-corrected chi connectivity index (χ4v) is 3.45. The van der Waals surface area contributed by atoms with Crippen LogP contribution in [0.5, 0.6) is 0 Å². The van der Waals surface area contributed by atoms with E-state index in [1.807, 2.05) is 28.8 Å². The summed E-state index contributed by atoms with van der Waals surface area (Å²) < 4.78 is 28.5. The van der Waals surface area contributed by atoms with Gasteiger partial charge in [-0.05, 0) is 30.4 Å². The number of aromatic nitrogens is 2. The van der Waals surface area contributed by atoms with E-state index in [4.69, 9.17) is 0 Å². The van der Waals surface area contributed by atoms with Crippen LogP contribution in [0.3, 0.4) is 0 Å². The van der Waals surface area contributed by atoms with Crippen molar-refractivity contribution in [3.05, 3.63) is 30.6 Å². The quantitative estimate of drug-likeness (QED) is 0.880. The van der Waals surface area contributed by atoms with Gasteiger partial charge in [0.25, 0.3) is 0 Å². The number of nitrogens with zero attached hydrogens (tertiary/aromatic N) is 2. The number of fused-ring (bicyclic) bond motifs is 1. The van der Waals surface area contributed by atoms with Gasteiger partial charge in [0.05, 0.1) is 23.1 Å². The molecule has 0 unspecified atom stereocenters. The molecule has 0 aliphatic heterocycles. The summed E-state index contributed by atoms with van der Waals surface area (Å²) in [6.45, 7) is 3.15. The topological polar surface area (TPSA) is 64.0 Å². The molecule has 5 nitrogen and oxygen atoms in total. The van der Waals surface area contributed by atoms with Crippen LogP contribution in [0.25, 0.3) is 11.0 Å². The zero-order valence-electron chi connectivity index (χ0n) is 11.5. The molecule has 1 heterocycles. The van der Waals surface area contributed by atoms with E-state index in [0.717, 1.165) is 17.5 Å². The van der Waals surface area contributed by atoms with Gasteiger partial charge >= 0.3 is 0 Å². The second-order valence-corrected chi connectivity index (χ2v) is 7.49. The van der Waals surface area contributed by atoms with Crippen molar-refractivity contribution in [3.63, 3.8) is 0 Å². The fraction of sp³-hybridized carbons (Fsp3) is 0.500. The van der Waals surface area contributed by atoms with Crippen LogP contribution in [-0.4, -0.2) is 30.3 Å². The number of aryl methyl sites for hydroxylation is 1. The molecule has 1 aromatic carbocycles. The minimum absolute atomic E-state index is 0.0917. The summed E-state index contributed by atoms with van der Waals surface area (Å²) in [5, 5.41) is 0. The first kappa shape index (κ1) is 13.6. The highest BCUT2D eigenvalue weighted by Crippen LogP contribution is 2.36. The lowest BCUT2D eigenvalue weighted by molar-refractivity contribution is 0.569. The Hall–Kier alpha value is -1.40. The average Bonchev–Trinajstić information content (AvgIpc) is 2.98. The zero-order valence-corrected chi connectivity index (χ0v) is 12.3. The van der Waals surface area contributed by atoms with E-state index < -0.39 is 10.0 Å². The number of sulfonamides is 1. The molecule has 1 aliphatic rings. The molecule has 1 N–H and O–H groups in total. The molecular weight excluding hydrogens is 274 g/mol. The van der Waals surface area contributed by atoms with E-state index in [1.165, 1.54) is 0 Å². The highest BCUT2D eigenvalue weighted by atomic mass is 32.2. The second kappa shape index (κ2) is 5.18. The van der Waals surface area contributed by atoms with Crippen molar-refractivity contribution in [1.29, 1.82) is 0 Å². The summed E-state index contributed by atoms with van der Waals surface area (Å²) in [5.41, 5.74) is 1.86. The minimum atomic E-state index is -3.20. The van der Waals surface area contributed by atoms with Crippen molar-refractivity contribution < 1.29 is 8.42 Å². The van der Waals surface area contributed by atoms with Crippen molar-refractivity contribution in [2.24, 2.45) is 11.8 Å². The smallest absolute Gasteiger partial charge is 0.213 e. The molecule has 0 amide bonds. The predicted molar refractivity (Wildman–Crippen MR) is 78.8 cm³/mol. The minimum Gasteiger partial charge on any atom is -0.330 e. The van der Waals surface area contributed by atoms with Crippen molar-refractivity contribution in [1.82, 2.24) is 14.3 Å². The maximum absolute atomic E-state index is 12.0. The molecule has 1 saturated carbocycles. The first-order valence-electron chi connectivity index (χ1n) is 6.92. The molecule has 1 fully saturated rings. The standard InChI is InChI=1S/C14H19N3O2S/c1-11-8-12(11)9-16-20(18,19)7-6-17-10-15-13-4-2-3-5-14(13)17/h2-5,10-12,16H,6-9H2,1H3/t11-,12-/m0/s1. The van der Waals surface area contributed by atoms with E-state index in [-0.39, 0.29) is 5.75 Å². The molecule has 2 atom stereocenters. The van der Waals surface area contributed by atoms with Crippen LogP contribution >= 0.6 is 0 Å². The van der Waals surface area contributed by atoms with Gasteiger partial charge < -0.3 is 4.57 Å². The summed E-state index contributed by atoms with van der Waals surface area (Å²) in [6.07, 6.45) is 2.83. The Bertz CT molecular complexity index is 708. The maximum atomic E-state index is 12.0. The highest BCUT2D eigenvalue weighted by molar-refractivity contribution is 7.89. The molecule has 3 rings (SSSR count). The third-order valence-electron chi connectivity index (χ3n) is 3.97. The van der Waals surface area contributed by atoms with E-state index in [0.29, 0.717) is 24.9 Å². The van der Waals surface area contributed by atoms with Crippen molar-refractivity contribution in [2.45, 2.75) is 19.9 Å². The van der Waals surface area contributed by atoms with Crippen LogP contribution in [0.2, 0.25) is 0 Å². The first-order valence-corrected chi connectivity index (χ1v) is 8.57. The normalized spacial score (nSPS) is 22.2. The molecule has 20 heavy (non-hydrogen) atoms. The van der Waals surface area contributed by atoms with Crippen LogP contribution in [0, 0.1) is 11.8 Å². The number of imidazole rings is 1. The van der Waals surface area contributed by atoms with Gasteiger partial charge in [-0.3, -0.25) is 0 Å². The second-order valence-electron chi connectivity index (χ2n) is 5.57. The number of nitrogens with one attached hydrogen (secondary N) is 1. The van der Waals surface area contributed by atoms with Crippen molar-refractivity contribution >= 4 is 21.1 Å². The Morgan fingerprint density at radius 2 is 2.15 bits per heavy atom. The number of benzene rings is 1. The molecule has 1 aliphatic carbocycles. The van der Waals surface area contributed by atoms with Gasteiger partial charge in [0.2, 0.25) is 10.0 Å². The SMILES string of the molecule is C[C@H]1C[C@H]1CNS(=O)(=O)CCn1cnc2ccccc21. The predicted octanol–water partition coefficient (Wildman–Crippen LogP) is 1.61. The monoisotopic (exact) mass is 293 g/mol. The first-order chi connectivity index (χ1) is 9.55. The number of para-hydroxylation sites is 2. The number of rotatable bonds is 6. The van der Waals surface area contributed by atoms with Crippen molar-refractivity contribution in [3.8, 4) is 0 Å². The molecule has 6 heteroatoms. The fourth-order valence-electron chi connectivity index (χ4n) is 2.40. The Morgan fingerprint density at radius 3 is 2.90 bits per heavy atom. The molecule has 0 saturated heterocycles. The lowest BCUT2D eigenvalue weighted by Gasteiger charge is -2.07. The summed E-state index contributed by atoms with van der Waals surface area (Å²) in [6, 6.07) is 7.73. The van der Waals surface area contributed by atoms with Crippen LogP contribution in [0.1, 0.15) is 13.3 Å². The van der Waals surface area contributed by atoms with Gasteiger partial charge in [0, 0.05) is 13.1 Å². The van der Waals surface area contributed by atoms with Crippen LogP contribution in [0.4, 0.5) is 0 Å². The maximum Gasteiger partial charge on any atom is 0.213 e. The highest BCUT2D eigenvalue weighted by Gasteiger charge is 2.33. The van der Waals surface area contributed by atoms with Crippen LogP contribution < -0.4 is 4.72 Å². The lowest BCUT2D eigenvalue weighted by atomic mass is 10.3. The molecular formula is C14H19N3O2S. The largest absolute Gasteiger partial charge is 0.330 e. The van der Waals surface area contributed by atoms with E-state index in [2.05, 4.69) is 16.6 Å². The van der Waals surface area contributed by atoms with Gasteiger partial charge in [-0.2, -0.15) is 0 Å². The van der Waals surface area contributed by atoms with Gasteiger partial charge in [0.1, 0.15) is 0 Å². The Balaban J connectivity index is 1.60. The number of hydrogen-bond acceptors (Lipinski definition) is 3. The van der Waals surface area contributed by atoms with Crippen LogP contribution in [-0.2, 0) is 16.6 Å². The third kappa shape index (κ3) is 3.02. The summed E-state index contributed by atoms with van der Waals surface area (Å²) in [4.78, 5) is 4.26. The summed E-state index contributed by atoms with van der Waals surface area (Å²) in [5.74, 6) is 1.28. The van der Waals surface area contributed by atoms with Gasteiger partial charge in [-0.15, -0.1) is 0 Å². The summed E-state index contributed by atoms with van der Waals surface area (Å²) in [7, 11) is -3.20. The average molecular weight is 293 g/mol. The van der Waals surface area contributed by atoms with Gasteiger partial charge in [0.15, 0.2) is 0 Å². The molecule has 0 bridgehead atoms. The van der Waals surface area contributed by atoms with Gasteiger partial charge in [-0.25, -0.2) is 18.1 Å². The van der Waals surface area contributed by atoms with E-state index in [1.54, 1.807) is 6.33 Å². The van der Waals surface area contributed by atoms with E-state index in [9.17, 15) is 8.42 Å². The molecule has 2 aromatic rings. The molecule has 108 valence electrons. The zero-order chi connectivity index (χ0) is 14.2. The molecule has 1 aromatic heterocycles. The Kier molecular flexibility index (Phi) is 3.52. The van der Waals surface area contributed by atoms with E-state index >= 15 is 0 Å². The molecule has 0 spiro atoms. The molecule has 0 radical (unpaired) electrons. The summed E-state index contributed by atoms with van der Waals surface area (Å²) >= 11 is 0. The number of hydrogen-bond donors (Lipinski definition) is 1. The Morgan fingerprint density at radius 1 is 1.40 bits per heavy atom. The van der Waals surface area contributed by atoms with Crippen LogP contribution in [0.15, 0.2) is 30.6 Å². The third-order valence-corrected chi connectivity index (χ3v) is 5.30.